The number of aromatic nitrogens is 2. The number of rotatable bonds is 4. The van der Waals surface area contributed by atoms with Crippen LogP contribution in [0.25, 0.3) is 11.4 Å². The van der Waals surface area contributed by atoms with Gasteiger partial charge < -0.3 is 16.0 Å². The maximum atomic E-state index is 12.7. The van der Waals surface area contributed by atoms with Crippen molar-refractivity contribution in [2.75, 3.05) is 10.6 Å². The van der Waals surface area contributed by atoms with Crippen LogP contribution in [0.1, 0.15) is 31.1 Å². The van der Waals surface area contributed by atoms with Gasteiger partial charge in [-0.15, -0.1) is 0 Å². The molecular formula is C22H22ClN5O2. The van der Waals surface area contributed by atoms with Crippen LogP contribution in [0.5, 0.6) is 0 Å². The zero-order valence-electron chi connectivity index (χ0n) is 16.9. The molecule has 3 aromatic rings. The van der Waals surface area contributed by atoms with Gasteiger partial charge in [-0.3, -0.25) is 4.79 Å². The molecule has 0 bridgehead atoms. The molecule has 0 spiro atoms. The number of hydrogen-bond donors (Lipinski definition) is 3. The lowest BCUT2D eigenvalue weighted by molar-refractivity contribution is 0.102. The zero-order valence-corrected chi connectivity index (χ0v) is 17.6. The van der Waals surface area contributed by atoms with Crippen LogP contribution in [-0.4, -0.2) is 27.4 Å². The summed E-state index contributed by atoms with van der Waals surface area (Å²) in [6.07, 6.45) is 3.06. The van der Waals surface area contributed by atoms with Crippen molar-refractivity contribution in [2.45, 2.75) is 26.3 Å². The van der Waals surface area contributed by atoms with Gasteiger partial charge in [0.25, 0.3) is 5.91 Å². The van der Waals surface area contributed by atoms with E-state index in [1.807, 2.05) is 51.1 Å². The first kappa shape index (κ1) is 21.3. The molecule has 0 radical (unpaired) electrons. The quantitative estimate of drug-likeness (QED) is 0.552. The number of nitrogens with one attached hydrogen (secondary N) is 3. The van der Waals surface area contributed by atoms with Gasteiger partial charge in [-0.05, 0) is 39.0 Å². The summed E-state index contributed by atoms with van der Waals surface area (Å²) in [5.41, 5.74) is 1.59. The molecule has 154 valence electrons. The molecular weight excluding hydrogens is 402 g/mol. The van der Waals surface area contributed by atoms with Crippen LogP contribution in [0.2, 0.25) is 5.02 Å². The molecule has 1 aromatic heterocycles. The van der Waals surface area contributed by atoms with Crippen molar-refractivity contribution in [1.82, 2.24) is 15.3 Å². The second-order valence-electron chi connectivity index (χ2n) is 7.64. The van der Waals surface area contributed by atoms with Gasteiger partial charge in [-0.2, -0.15) is 0 Å². The van der Waals surface area contributed by atoms with Crippen molar-refractivity contribution in [2.24, 2.45) is 0 Å². The fraction of sp³-hybridized carbons (Fsp3) is 0.182. The zero-order chi connectivity index (χ0) is 21.7. The molecule has 0 unspecified atom stereocenters. The fourth-order valence-corrected chi connectivity index (χ4v) is 2.81. The summed E-state index contributed by atoms with van der Waals surface area (Å²) in [6, 6.07) is 13.8. The van der Waals surface area contributed by atoms with E-state index >= 15 is 0 Å². The normalized spacial score (nSPS) is 10.9. The smallest absolute Gasteiger partial charge is 0.319 e. The van der Waals surface area contributed by atoms with Gasteiger partial charge in [0, 0.05) is 16.8 Å². The van der Waals surface area contributed by atoms with Crippen LogP contribution in [0.4, 0.5) is 16.2 Å². The molecule has 0 saturated heterocycles. The number of nitrogens with zero attached hydrogens (tertiary/aromatic N) is 2. The lowest BCUT2D eigenvalue weighted by atomic mass is 10.1. The van der Waals surface area contributed by atoms with Gasteiger partial charge in [0.05, 0.1) is 28.7 Å². The van der Waals surface area contributed by atoms with Gasteiger partial charge in [0.2, 0.25) is 0 Å². The summed E-state index contributed by atoms with van der Waals surface area (Å²) < 4.78 is 0. The van der Waals surface area contributed by atoms with Crippen molar-refractivity contribution < 1.29 is 9.59 Å². The first-order valence-electron chi connectivity index (χ1n) is 9.29. The number of amides is 3. The number of carbonyl (C=O) groups excluding carboxylic acids is 2. The van der Waals surface area contributed by atoms with Gasteiger partial charge in [-0.1, -0.05) is 41.9 Å². The molecule has 0 fully saturated rings. The molecule has 0 aliphatic rings. The lowest BCUT2D eigenvalue weighted by Gasteiger charge is -2.21. The number of halogens is 1. The van der Waals surface area contributed by atoms with Crippen LogP contribution in [-0.2, 0) is 0 Å². The standard InChI is InChI=1S/C22H22ClN5O2/c1-22(2,3)28-21(30)27-15-9-10-18(23)17(11-15)20(29)26-16-12-24-19(25-13-16)14-7-5-4-6-8-14/h4-13H,1-3H3,(H,26,29)(H2,27,28,30). The Hall–Kier alpha value is -3.45. The molecule has 2 aromatic carbocycles. The monoisotopic (exact) mass is 423 g/mol. The Morgan fingerprint density at radius 1 is 0.900 bits per heavy atom. The molecule has 3 rings (SSSR count). The van der Waals surface area contributed by atoms with Crippen LogP contribution in [0, 0.1) is 0 Å². The summed E-state index contributed by atoms with van der Waals surface area (Å²) in [4.78, 5) is 33.3. The number of benzene rings is 2. The minimum atomic E-state index is -0.434. The SMILES string of the molecule is CC(C)(C)NC(=O)Nc1ccc(Cl)c(C(=O)Nc2cnc(-c3ccccc3)nc2)c1. The van der Waals surface area contributed by atoms with Gasteiger partial charge in [-0.25, -0.2) is 14.8 Å². The van der Waals surface area contributed by atoms with E-state index in [-0.39, 0.29) is 22.2 Å². The number of carbonyl (C=O) groups is 2. The van der Waals surface area contributed by atoms with E-state index in [4.69, 9.17) is 11.6 Å². The summed E-state index contributed by atoms with van der Waals surface area (Å²) in [7, 11) is 0. The van der Waals surface area contributed by atoms with E-state index in [9.17, 15) is 9.59 Å². The summed E-state index contributed by atoms with van der Waals surface area (Å²) in [5.74, 6) is 0.124. The molecule has 1 heterocycles. The maximum absolute atomic E-state index is 12.7. The fourth-order valence-electron chi connectivity index (χ4n) is 2.61. The Kier molecular flexibility index (Phi) is 6.32. The molecule has 0 aliphatic carbocycles. The predicted molar refractivity (Wildman–Crippen MR) is 119 cm³/mol. The largest absolute Gasteiger partial charge is 0.333 e. The number of anilines is 2. The highest BCUT2D eigenvalue weighted by Gasteiger charge is 2.16. The topological polar surface area (TPSA) is 96.0 Å². The molecule has 0 atom stereocenters. The van der Waals surface area contributed by atoms with E-state index in [2.05, 4.69) is 25.9 Å². The third kappa shape index (κ3) is 5.78. The highest BCUT2D eigenvalue weighted by molar-refractivity contribution is 6.34. The maximum Gasteiger partial charge on any atom is 0.319 e. The van der Waals surface area contributed by atoms with E-state index in [0.717, 1.165) is 5.56 Å². The molecule has 8 heteroatoms. The second-order valence-corrected chi connectivity index (χ2v) is 8.05. The van der Waals surface area contributed by atoms with E-state index < -0.39 is 5.91 Å². The average Bonchev–Trinajstić information content (AvgIpc) is 2.69. The molecule has 7 nitrogen and oxygen atoms in total. The first-order chi connectivity index (χ1) is 14.2. The van der Waals surface area contributed by atoms with Crippen molar-refractivity contribution in [3.8, 4) is 11.4 Å². The van der Waals surface area contributed by atoms with Crippen LogP contribution in [0.3, 0.4) is 0 Å². The van der Waals surface area contributed by atoms with Crippen LogP contribution < -0.4 is 16.0 Å². The van der Waals surface area contributed by atoms with Crippen molar-refractivity contribution in [3.05, 3.63) is 71.5 Å². The molecule has 3 N–H and O–H groups in total. The van der Waals surface area contributed by atoms with Crippen LogP contribution in [0.15, 0.2) is 60.9 Å². The summed E-state index contributed by atoms with van der Waals surface area (Å²) >= 11 is 6.19. The van der Waals surface area contributed by atoms with Crippen molar-refractivity contribution in [3.63, 3.8) is 0 Å². The van der Waals surface area contributed by atoms with E-state index in [0.29, 0.717) is 17.2 Å². The lowest BCUT2D eigenvalue weighted by Crippen LogP contribution is -2.43. The Bertz CT molecular complexity index is 1050. The molecule has 3 amide bonds. The van der Waals surface area contributed by atoms with Gasteiger partial charge >= 0.3 is 6.03 Å². The highest BCUT2D eigenvalue weighted by Crippen LogP contribution is 2.22. The third-order valence-electron chi connectivity index (χ3n) is 3.90. The molecule has 30 heavy (non-hydrogen) atoms. The second kappa shape index (κ2) is 8.92. The third-order valence-corrected chi connectivity index (χ3v) is 4.23. The number of urea groups is 1. The molecule has 0 aliphatic heterocycles. The number of hydrogen-bond acceptors (Lipinski definition) is 4. The van der Waals surface area contributed by atoms with Gasteiger partial charge in [0.15, 0.2) is 5.82 Å². The first-order valence-corrected chi connectivity index (χ1v) is 9.66. The summed E-state index contributed by atoms with van der Waals surface area (Å²) in [5, 5.41) is 8.47. The van der Waals surface area contributed by atoms with E-state index in [1.54, 1.807) is 12.1 Å². The van der Waals surface area contributed by atoms with Gasteiger partial charge in [0.1, 0.15) is 0 Å². The Morgan fingerprint density at radius 3 is 2.20 bits per heavy atom. The molecule has 0 saturated carbocycles. The Morgan fingerprint density at radius 2 is 1.57 bits per heavy atom. The van der Waals surface area contributed by atoms with Crippen molar-refractivity contribution in [1.29, 1.82) is 0 Å². The summed E-state index contributed by atoms with van der Waals surface area (Å²) in [6.45, 7) is 5.62. The Labute approximate surface area is 179 Å². The van der Waals surface area contributed by atoms with Crippen LogP contribution >= 0.6 is 11.6 Å². The minimum absolute atomic E-state index is 0.220. The highest BCUT2D eigenvalue weighted by atomic mass is 35.5. The predicted octanol–water partition coefficient (Wildman–Crippen LogP) is 4.97. The average molecular weight is 424 g/mol. The minimum Gasteiger partial charge on any atom is -0.333 e. The van der Waals surface area contributed by atoms with Crippen molar-refractivity contribution >= 4 is 34.9 Å². The van der Waals surface area contributed by atoms with E-state index in [1.165, 1.54) is 18.5 Å². The Balaban J connectivity index is 1.71.